The summed E-state index contributed by atoms with van der Waals surface area (Å²) in [6.07, 6.45) is 1.45. The van der Waals surface area contributed by atoms with Crippen molar-refractivity contribution in [1.29, 1.82) is 0 Å². The van der Waals surface area contributed by atoms with Crippen LogP contribution < -0.4 is 10.1 Å². The summed E-state index contributed by atoms with van der Waals surface area (Å²) in [5, 5.41) is 14.3. The number of amides is 2. The van der Waals surface area contributed by atoms with E-state index in [2.05, 4.69) is 5.32 Å². The number of aromatic nitrogens is 1. The van der Waals surface area contributed by atoms with Crippen LogP contribution in [0, 0.1) is 5.92 Å². The number of para-hydroxylation sites is 1. The first-order valence-corrected chi connectivity index (χ1v) is 16.9. The predicted molar refractivity (Wildman–Crippen MR) is 179 cm³/mol. The standard InChI is InChI=1S/C34H39ClN4O6S/c1-22-18-39(23(2)21-40)34(42)17-24-15-27(36-33(41)16-25-19-37(3)30-8-6-5-7-29(25)30)11-14-31(24)45-32(22)20-38(4)46(43,44)28-12-9-26(35)10-13-28/h5-15,19,22-23,32,40H,16-18,20-21H2,1-4H3,(H,36,41)/t22-,23-,32-/m0/s1. The Morgan fingerprint density at radius 3 is 2.59 bits per heavy atom. The molecule has 0 saturated carbocycles. The lowest BCUT2D eigenvalue weighted by Crippen LogP contribution is -2.48. The number of halogens is 1. The zero-order valence-electron chi connectivity index (χ0n) is 26.3. The number of carbonyl (C=O) groups is 2. The number of hydrogen-bond donors (Lipinski definition) is 2. The number of anilines is 1. The molecule has 244 valence electrons. The van der Waals surface area contributed by atoms with Gasteiger partial charge in [0.15, 0.2) is 0 Å². The van der Waals surface area contributed by atoms with Crippen LogP contribution in [0.5, 0.6) is 5.75 Å². The van der Waals surface area contributed by atoms with E-state index in [1.54, 1.807) is 30.0 Å². The Bertz CT molecular complexity index is 1840. The Labute approximate surface area is 274 Å². The number of likely N-dealkylation sites (N-methyl/N-ethyl adjacent to an activating group) is 1. The normalized spacial score (nSPS) is 18.0. The minimum Gasteiger partial charge on any atom is -0.488 e. The number of ether oxygens (including phenoxy) is 1. The molecule has 1 aromatic heterocycles. The van der Waals surface area contributed by atoms with E-state index in [1.165, 1.54) is 35.6 Å². The average molecular weight is 667 g/mol. The molecule has 46 heavy (non-hydrogen) atoms. The van der Waals surface area contributed by atoms with E-state index < -0.39 is 22.2 Å². The number of aliphatic hydroxyl groups excluding tert-OH is 1. The van der Waals surface area contributed by atoms with E-state index in [-0.39, 0.29) is 55.2 Å². The van der Waals surface area contributed by atoms with Gasteiger partial charge in [-0.25, -0.2) is 8.42 Å². The van der Waals surface area contributed by atoms with Crippen LogP contribution in [0.4, 0.5) is 5.69 Å². The highest BCUT2D eigenvalue weighted by Gasteiger charge is 2.33. The number of aliphatic hydroxyl groups is 1. The van der Waals surface area contributed by atoms with Gasteiger partial charge in [-0.15, -0.1) is 0 Å². The summed E-state index contributed by atoms with van der Waals surface area (Å²) in [6, 6.07) is 18.5. The molecular formula is C34H39ClN4O6S. The largest absolute Gasteiger partial charge is 0.488 e. The topological polar surface area (TPSA) is 121 Å². The number of sulfonamides is 1. The molecule has 1 aliphatic heterocycles. The van der Waals surface area contributed by atoms with Gasteiger partial charge in [-0.1, -0.05) is 36.7 Å². The van der Waals surface area contributed by atoms with Crippen molar-refractivity contribution in [2.24, 2.45) is 13.0 Å². The SMILES string of the molecule is C[C@H]1CN([C@@H](C)CO)C(=O)Cc2cc(NC(=O)Cc3cn(C)c4ccccc34)ccc2O[C@H]1CN(C)S(=O)(=O)c1ccc(Cl)cc1. The van der Waals surface area contributed by atoms with Gasteiger partial charge in [0.2, 0.25) is 21.8 Å². The van der Waals surface area contributed by atoms with Gasteiger partial charge in [0, 0.05) is 59.9 Å². The van der Waals surface area contributed by atoms with Gasteiger partial charge in [-0.3, -0.25) is 9.59 Å². The quantitative estimate of drug-likeness (QED) is 0.272. The van der Waals surface area contributed by atoms with Crippen LogP contribution in [0.25, 0.3) is 10.9 Å². The first-order valence-electron chi connectivity index (χ1n) is 15.1. The summed E-state index contributed by atoms with van der Waals surface area (Å²) in [6.45, 7) is 3.68. The molecule has 0 aliphatic carbocycles. The van der Waals surface area contributed by atoms with Crippen LogP contribution in [0.15, 0.2) is 77.8 Å². The first kappa shape index (κ1) is 33.5. The minimum atomic E-state index is -3.86. The monoisotopic (exact) mass is 666 g/mol. The summed E-state index contributed by atoms with van der Waals surface area (Å²) in [5.41, 5.74) is 2.99. The molecule has 3 aromatic carbocycles. The lowest BCUT2D eigenvalue weighted by molar-refractivity contribution is -0.134. The zero-order valence-corrected chi connectivity index (χ0v) is 27.9. The number of fused-ring (bicyclic) bond motifs is 2. The Kier molecular flexibility index (Phi) is 10.1. The lowest BCUT2D eigenvalue weighted by Gasteiger charge is -2.33. The Hall–Kier alpha value is -3.90. The van der Waals surface area contributed by atoms with E-state index in [0.717, 1.165) is 16.5 Å². The van der Waals surface area contributed by atoms with Crippen molar-refractivity contribution in [3.8, 4) is 5.75 Å². The van der Waals surface area contributed by atoms with E-state index >= 15 is 0 Å². The number of aryl methyl sites for hydroxylation is 1. The van der Waals surface area contributed by atoms with Crippen molar-refractivity contribution in [2.45, 2.75) is 43.7 Å². The van der Waals surface area contributed by atoms with Crippen LogP contribution in [0.3, 0.4) is 0 Å². The third-order valence-corrected chi connectivity index (χ3v) is 10.6. The van der Waals surface area contributed by atoms with Crippen LogP contribution in [0.2, 0.25) is 5.02 Å². The van der Waals surface area contributed by atoms with Crippen molar-refractivity contribution in [3.63, 3.8) is 0 Å². The molecule has 4 aromatic rings. The van der Waals surface area contributed by atoms with Crippen molar-refractivity contribution < 1.29 is 27.9 Å². The fraction of sp³-hybridized carbons (Fsp3) is 0.353. The van der Waals surface area contributed by atoms with Gasteiger partial charge in [-0.05, 0) is 61.0 Å². The molecule has 0 unspecified atom stereocenters. The second-order valence-electron chi connectivity index (χ2n) is 12.0. The molecule has 12 heteroatoms. The summed E-state index contributed by atoms with van der Waals surface area (Å²) in [5.74, 6) is -0.289. The summed E-state index contributed by atoms with van der Waals surface area (Å²) in [4.78, 5) is 28.4. The predicted octanol–water partition coefficient (Wildman–Crippen LogP) is 4.48. The second-order valence-corrected chi connectivity index (χ2v) is 14.4. The van der Waals surface area contributed by atoms with Gasteiger partial charge >= 0.3 is 0 Å². The van der Waals surface area contributed by atoms with Crippen LogP contribution in [0.1, 0.15) is 25.0 Å². The van der Waals surface area contributed by atoms with Gasteiger partial charge in [0.05, 0.1) is 36.9 Å². The summed E-state index contributed by atoms with van der Waals surface area (Å²) >= 11 is 5.97. The Balaban J connectivity index is 1.41. The fourth-order valence-corrected chi connectivity index (χ4v) is 7.12. The van der Waals surface area contributed by atoms with Crippen LogP contribution in [-0.4, -0.2) is 78.0 Å². The first-order chi connectivity index (χ1) is 21.9. The van der Waals surface area contributed by atoms with E-state index in [4.69, 9.17) is 16.3 Å². The maximum absolute atomic E-state index is 13.6. The van der Waals surface area contributed by atoms with Crippen LogP contribution in [-0.2, 0) is 39.5 Å². The molecule has 2 N–H and O–H groups in total. The summed E-state index contributed by atoms with van der Waals surface area (Å²) in [7, 11) is -0.434. The number of rotatable bonds is 9. The fourth-order valence-electron chi connectivity index (χ4n) is 5.81. The van der Waals surface area contributed by atoms with Gasteiger partial charge in [0.1, 0.15) is 11.9 Å². The molecule has 10 nitrogen and oxygen atoms in total. The van der Waals surface area contributed by atoms with Crippen LogP contribution >= 0.6 is 11.6 Å². The van der Waals surface area contributed by atoms with Crippen molar-refractivity contribution in [1.82, 2.24) is 13.8 Å². The third-order valence-electron chi connectivity index (χ3n) is 8.49. The van der Waals surface area contributed by atoms with E-state index in [1.807, 2.05) is 49.0 Å². The average Bonchev–Trinajstić information content (AvgIpc) is 3.35. The van der Waals surface area contributed by atoms with Crippen molar-refractivity contribution in [3.05, 3.63) is 89.1 Å². The van der Waals surface area contributed by atoms with E-state index in [0.29, 0.717) is 22.0 Å². The molecule has 0 spiro atoms. The molecule has 1 aliphatic rings. The van der Waals surface area contributed by atoms with Crippen molar-refractivity contribution >= 4 is 50.0 Å². The number of nitrogens with one attached hydrogen (secondary N) is 1. The molecule has 3 atom stereocenters. The van der Waals surface area contributed by atoms with E-state index in [9.17, 15) is 23.1 Å². The third kappa shape index (κ3) is 7.23. The smallest absolute Gasteiger partial charge is 0.242 e. The number of nitrogens with zero attached hydrogens (tertiary/aromatic N) is 3. The van der Waals surface area contributed by atoms with Crippen molar-refractivity contribution in [2.75, 3.05) is 32.1 Å². The molecule has 2 heterocycles. The second kappa shape index (κ2) is 13.8. The summed E-state index contributed by atoms with van der Waals surface area (Å²) < 4.78 is 36.5. The Morgan fingerprint density at radius 1 is 1.15 bits per heavy atom. The highest BCUT2D eigenvalue weighted by atomic mass is 35.5. The zero-order chi connectivity index (χ0) is 33.2. The maximum Gasteiger partial charge on any atom is 0.242 e. The maximum atomic E-state index is 13.6. The highest BCUT2D eigenvalue weighted by molar-refractivity contribution is 7.89. The molecule has 0 fully saturated rings. The molecule has 0 radical (unpaired) electrons. The number of benzene rings is 3. The molecular weight excluding hydrogens is 628 g/mol. The molecule has 2 amide bonds. The molecule has 0 bridgehead atoms. The molecule has 5 rings (SSSR count). The minimum absolute atomic E-state index is 0.00459. The molecule has 0 saturated heterocycles. The lowest BCUT2D eigenvalue weighted by atomic mass is 10.0. The van der Waals surface area contributed by atoms with Gasteiger partial charge in [-0.2, -0.15) is 4.31 Å². The number of hydrogen-bond acceptors (Lipinski definition) is 6. The number of carbonyl (C=O) groups excluding carboxylic acids is 2. The van der Waals surface area contributed by atoms with Gasteiger partial charge < -0.3 is 24.6 Å². The van der Waals surface area contributed by atoms with Gasteiger partial charge in [0.25, 0.3) is 0 Å². The Morgan fingerprint density at radius 2 is 1.87 bits per heavy atom. The highest BCUT2D eigenvalue weighted by Crippen LogP contribution is 2.30.